The Bertz CT molecular complexity index is 338. The Morgan fingerprint density at radius 2 is 2.23 bits per heavy atom. The van der Waals surface area contributed by atoms with Crippen molar-refractivity contribution in [2.75, 3.05) is 0 Å². The second kappa shape index (κ2) is 4.32. The predicted molar refractivity (Wildman–Crippen MR) is 62.5 cm³/mol. The van der Waals surface area contributed by atoms with E-state index in [0.717, 1.165) is 14.0 Å². The van der Waals surface area contributed by atoms with Crippen LogP contribution < -0.4 is 0 Å². The Hall–Kier alpha value is -0.230. The predicted octanol–water partition coefficient (Wildman–Crippen LogP) is 2.77. The molecule has 1 aromatic rings. The van der Waals surface area contributed by atoms with E-state index in [2.05, 4.69) is 35.2 Å². The maximum absolute atomic E-state index is 10.7. The van der Waals surface area contributed by atoms with E-state index in [1.54, 1.807) is 13.0 Å². The average molecular weight is 308 g/mol. The largest absolute Gasteiger partial charge is 0.481 e. The van der Waals surface area contributed by atoms with Crippen molar-refractivity contribution in [3.05, 3.63) is 27.3 Å². The number of carbonyl (C=O) groups is 1. The van der Waals surface area contributed by atoms with Gasteiger partial charge in [0.25, 0.3) is 0 Å². The first kappa shape index (κ1) is 10.8. The minimum absolute atomic E-state index is 0.458. The zero-order chi connectivity index (χ0) is 10.0. The molecule has 0 fully saturated rings. The molecule has 70 valence electrons. The minimum Gasteiger partial charge on any atom is -0.481 e. The van der Waals surface area contributed by atoms with Gasteiger partial charge < -0.3 is 5.11 Å². The van der Waals surface area contributed by atoms with Gasteiger partial charge in [-0.1, -0.05) is 6.07 Å². The van der Waals surface area contributed by atoms with Gasteiger partial charge in [-0.25, -0.2) is 0 Å². The van der Waals surface area contributed by atoms with Crippen LogP contribution in [0.25, 0.3) is 0 Å². The second-order valence-electron chi connectivity index (χ2n) is 2.77. The molecule has 0 aliphatic carbocycles. The van der Waals surface area contributed by atoms with Gasteiger partial charge in [-0.3, -0.25) is 4.79 Å². The molecule has 0 amide bonds. The molecule has 1 atom stereocenters. The highest BCUT2D eigenvalue weighted by atomic mass is 127. The first-order valence-electron chi connectivity index (χ1n) is 3.73. The quantitative estimate of drug-likeness (QED) is 0.651. The van der Waals surface area contributed by atoms with E-state index in [1.165, 1.54) is 0 Å². The van der Waals surface area contributed by atoms with E-state index in [0.29, 0.717) is 0 Å². The summed E-state index contributed by atoms with van der Waals surface area (Å²) in [6, 6.07) is 5.47. The molecule has 13 heavy (non-hydrogen) atoms. The number of halogens is 1. The Balaban J connectivity index is 3.08. The smallest absolute Gasteiger partial charge is 0.310 e. The number of hydrogen-bond acceptors (Lipinski definition) is 2. The summed E-state index contributed by atoms with van der Waals surface area (Å²) in [6.07, 6.45) is 0. The minimum atomic E-state index is -0.801. The molecule has 0 aliphatic heterocycles. The number of carboxylic acids is 1. The van der Waals surface area contributed by atoms with E-state index in [1.807, 2.05) is 12.1 Å². The highest BCUT2D eigenvalue weighted by molar-refractivity contribution is 14.1. The summed E-state index contributed by atoms with van der Waals surface area (Å²) in [4.78, 5) is 11.6. The first-order valence-corrected chi connectivity index (χ1v) is 5.26. The lowest BCUT2D eigenvalue weighted by atomic mass is 10.0. The molecule has 1 unspecified atom stereocenters. The van der Waals surface area contributed by atoms with Gasteiger partial charge in [0.05, 0.1) is 5.92 Å². The molecule has 2 nitrogen and oxygen atoms in total. The maximum Gasteiger partial charge on any atom is 0.310 e. The van der Waals surface area contributed by atoms with Crippen LogP contribution in [-0.2, 0) is 4.79 Å². The van der Waals surface area contributed by atoms with Crippen LogP contribution in [0.5, 0.6) is 0 Å². The summed E-state index contributed by atoms with van der Waals surface area (Å²) >= 11 is 6.29. The number of thiol groups is 1. The lowest BCUT2D eigenvalue weighted by molar-refractivity contribution is -0.138. The number of rotatable bonds is 2. The SMILES string of the molecule is CC(C(=O)O)c1ccc(S)cc1I. The lowest BCUT2D eigenvalue weighted by Gasteiger charge is -2.09. The molecule has 1 aromatic carbocycles. The fourth-order valence-corrected chi connectivity index (χ4v) is 2.43. The number of aliphatic carboxylic acids is 1. The summed E-state index contributed by atoms with van der Waals surface area (Å²) in [6.45, 7) is 1.68. The standard InChI is InChI=1S/C9H9IO2S/c1-5(9(11)12)7-3-2-6(13)4-8(7)10/h2-5,13H,1H3,(H,11,12). The fourth-order valence-electron chi connectivity index (χ4n) is 1.00. The summed E-state index contributed by atoms with van der Waals surface area (Å²) in [5.41, 5.74) is 0.839. The molecular formula is C9H9IO2S. The molecule has 1 N–H and O–H groups in total. The summed E-state index contributed by atoms with van der Waals surface area (Å²) in [7, 11) is 0. The van der Waals surface area contributed by atoms with Crippen LogP contribution in [0.3, 0.4) is 0 Å². The molecule has 4 heteroatoms. The van der Waals surface area contributed by atoms with E-state index >= 15 is 0 Å². The van der Waals surface area contributed by atoms with E-state index in [-0.39, 0.29) is 0 Å². The van der Waals surface area contributed by atoms with Crippen LogP contribution in [0.4, 0.5) is 0 Å². The molecule has 0 aromatic heterocycles. The Kier molecular flexibility index (Phi) is 3.61. The average Bonchev–Trinajstić information content (AvgIpc) is 2.03. The Morgan fingerprint density at radius 3 is 2.69 bits per heavy atom. The highest BCUT2D eigenvalue weighted by Gasteiger charge is 2.15. The van der Waals surface area contributed by atoms with Crippen molar-refractivity contribution >= 4 is 41.2 Å². The van der Waals surface area contributed by atoms with Crippen LogP contribution in [-0.4, -0.2) is 11.1 Å². The van der Waals surface area contributed by atoms with Crippen molar-refractivity contribution in [1.29, 1.82) is 0 Å². The van der Waals surface area contributed by atoms with Crippen molar-refractivity contribution in [3.63, 3.8) is 0 Å². The topological polar surface area (TPSA) is 37.3 Å². The molecule has 0 heterocycles. The zero-order valence-corrected chi connectivity index (χ0v) is 10.0. The number of hydrogen-bond donors (Lipinski definition) is 2. The van der Waals surface area contributed by atoms with Crippen molar-refractivity contribution in [2.45, 2.75) is 17.7 Å². The van der Waals surface area contributed by atoms with Crippen molar-refractivity contribution in [1.82, 2.24) is 0 Å². The Morgan fingerprint density at radius 1 is 1.62 bits per heavy atom. The van der Waals surface area contributed by atoms with Crippen molar-refractivity contribution in [3.8, 4) is 0 Å². The fraction of sp³-hybridized carbons (Fsp3) is 0.222. The first-order chi connectivity index (χ1) is 6.02. The van der Waals surface area contributed by atoms with Gasteiger partial charge in [-0.05, 0) is 47.2 Å². The van der Waals surface area contributed by atoms with Gasteiger partial charge in [0.1, 0.15) is 0 Å². The van der Waals surface area contributed by atoms with Crippen LogP contribution in [0.15, 0.2) is 23.1 Å². The van der Waals surface area contributed by atoms with Gasteiger partial charge >= 0.3 is 5.97 Å². The monoisotopic (exact) mass is 308 g/mol. The highest BCUT2D eigenvalue weighted by Crippen LogP contribution is 2.24. The van der Waals surface area contributed by atoms with Gasteiger partial charge in [-0.2, -0.15) is 0 Å². The van der Waals surface area contributed by atoms with Crippen LogP contribution in [0, 0.1) is 3.57 Å². The van der Waals surface area contributed by atoms with Crippen LogP contribution in [0.2, 0.25) is 0 Å². The van der Waals surface area contributed by atoms with Gasteiger partial charge in [0, 0.05) is 8.47 Å². The molecule has 0 saturated carbocycles. The third-order valence-corrected chi connectivity index (χ3v) is 3.03. The number of carboxylic acid groups (broad SMARTS) is 1. The lowest BCUT2D eigenvalue weighted by Crippen LogP contribution is -2.08. The van der Waals surface area contributed by atoms with Gasteiger partial charge in [-0.15, -0.1) is 12.6 Å². The van der Waals surface area contributed by atoms with Crippen molar-refractivity contribution in [2.24, 2.45) is 0 Å². The van der Waals surface area contributed by atoms with E-state index in [4.69, 9.17) is 5.11 Å². The summed E-state index contributed by atoms with van der Waals surface area (Å²) < 4.78 is 0.944. The third-order valence-electron chi connectivity index (χ3n) is 1.82. The molecular weight excluding hydrogens is 299 g/mol. The second-order valence-corrected chi connectivity index (χ2v) is 4.44. The Labute approximate surface area is 95.9 Å². The number of benzene rings is 1. The molecule has 0 saturated heterocycles. The molecule has 0 spiro atoms. The van der Waals surface area contributed by atoms with Crippen molar-refractivity contribution < 1.29 is 9.90 Å². The van der Waals surface area contributed by atoms with Gasteiger partial charge in [0.15, 0.2) is 0 Å². The van der Waals surface area contributed by atoms with Gasteiger partial charge in [0.2, 0.25) is 0 Å². The molecule has 0 bridgehead atoms. The van der Waals surface area contributed by atoms with Crippen LogP contribution in [0.1, 0.15) is 18.4 Å². The maximum atomic E-state index is 10.7. The molecule has 0 radical (unpaired) electrons. The summed E-state index contributed by atoms with van der Waals surface area (Å²) in [5, 5.41) is 8.81. The van der Waals surface area contributed by atoms with E-state index in [9.17, 15) is 4.79 Å². The zero-order valence-electron chi connectivity index (χ0n) is 6.99. The van der Waals surface area contributed by atoms with E-state index < -0.39 is 11.9 Å². The molecule has 1 rings (SSSR count). The summed E-state index contributed by atoms with van der Waals surface area (Å²) in [5.74, 6) is -1.26. The third kappa shape index (κ3) is 2.60. The molecule has 0 aliphatic rings. The van der Waals surface area contributed by atoms with Crippen LogP contribution >= 0.6 is 35.2 Å². The normalized spacial score (nSPS) is 12.5.